The van der Waals surface area contributed by atoms with Crippen LogP contribution in [0.25, 0.3) is 10.1 Å². The van der Waals surface area contributed by atoms with E-state index in [0.717, 1.165) is 45.3 Å². The Morgan fingerprint density at radius 1 is 1.00 bits per heavy atom. The summed E-state index contributed by atoms with van der Waals surface area (Å²) in [7, 11) is -2.36. The molecule has 0 radical (unpaired) electrons. The quantitative estimate of drug-likeness (QED) is 0.0831. The lowest BCUT2D eigenvalue weighted by Gasteiger charge is -2.42. The van der Waals surface area contributed by atoms with Crippen LogP contribution in [0, 0.1) is 0 Å². The zero-order chi connectivity index (χ0) is 46.2. The first-order chi connectivity index (χ1) is 31.8. The normalized spacial score (nSPS) is 26.5. The van der Waals surface area contributed by atoms with E-state index in [1.807, 2.05) is 30.0 Å². The third kappa shape index (κ3) is 9.69. The number of nitrogens with zero attached hydrogens (tertiary/aromatic N) is 3. The Kier molecular flexibility index (Phi) is 13.7. The highest BCUT2D eigenvalue weighted by molar-refractivity contribution is 7.57. The Hall–Kier alpha value is -4.66. The molecule has 4 aromatic rings. The molecule has 5 heterocycles. The first kappa shape index (κ1) is 46.5. The molecule has 4 aliphatic heterocycles. The predicted molar refractivity (Wildman–Crippen MR) is 251 cm³/mol. The van der Waals surface area contributed by atoms with Gasteiger partial charge in [0.25, 0.3) is 5.91 Å². The lowest BCUT2D eigenvalue weighted by molar-refractivity contribution is -0.148. The number of rotatable bonds is 16. The minimum Gasteiger partial charge on any atom is -0.465 e. The molecular weight excluding hydrogens is 881 g/mol. The summed E-state index contributed by atoms with van der Waals surface area (Å²) in [6.07, 6.45) is 7.74. The average Bonchev–Trinajstić information content (AvgIpc) is 3.58. The number of likely N-dealkylation sites (N-methyl/N-ethyl adjacent to an activating group) is 1. The van der Waals surface area contributed by atoms with Crippen molar-refractivity contribution in [2.45, 2.75) is 132 Å². The third-order valence-corrected chi connectivity index (χ3v) is 17.6. The number of fused-ring (bicyclic) bond motifs is 2. The summed E-state index contributed by atoms with van der Waals surface area (Å²) >= 11 is 1.21. The molecule has 3 aromatic carbocycles. The topological polar surface area (TPSA) is 147 Å². The minimum absolute atomic E-state index is 0.0199. The van der Waals surface area contributed by atoms with Gasteiger partial charge in [-0.3, -0.25) is 23.7 Å². The highest BCUT2D eigenvalue weighted by atomic mass is 32.1. The van der Waals surface area contributed by atoms with Gasteiger partial charge in [0.1, 0.15) is 23.9 Å². The van der Waals surface area contributed by atoms with Crippen LogP contribution in [0.1, 0.15) is 111 Å². The van der Waals surface area contributed by atoms with Crippen molar-refractivity contribution in [3.63, 3.8) is 0 Å². The van der Waals surface area contributed by atoms with Crippen molar-refractivity contribution in [1.29, 1.82) is 0 Å². The van der Waals surface area contributed by atoms with Crippen LogP contribution in [0.15, 0.2) is 84.9 Å². The smallest absolute Gasteiger partial charge is 0.355 e. The summed E-state index contributed by atoms with van der Waals surface area (Å²) in [6.45, 7) is 5.63. The Bertz CT molecular complexity index is 2450. The highest BCUT2D eigenvalue weighted by Gasteiger charge is 2.58. The fourth-order valence-electron chi connectivity index (χ4n) is 10.5. The third-order valence-electron chi connectivity index (χ3n) is 14.4. The van der Waals surface area contributed by atoms with E-state index in [0.29, 0.717) is 53.6 Å². The number of halogens is 1. The molecule has 3 amide bonds. The van der Waals surface area contributed by atoms with E-state index in [1.54, 1.807) is 42.5 Å². The average molecular weight is 942 g/mol. The number of benzene rings is 3. The van der Waals surface area contributed by atoms with Crippen LogP contribution in [-0.4, -0.2) is 114 Å². The predicted octanol–water partition coefficient (Wildman–Crippen LogP) is 8.35. The van der Waals surface area contributed by atoms with Crippen molar-refractivity contribution in [3.8, 4) is 5.75 Å². The number of esters is 1. The second kappa shape index (κ2) is 19.5. The molecule has 1 saturated carbocycles. The number of thiophene rings is 1. The lowest BCUT2D eigenvalue weighted by atomic mass is 9.93. The number of alkyl halides is 1. The number of carbonyl (C=O) groups is 4. The molecule has 9 rings (SSSR count). The maximum atomic E-state index is 16.7. The van der Waals surface area contributed by atoms with Gasteiger partial charge in [-0.1, -0.05) is 61.5 Å². The number of likely N-dealkylation sites (tertiary alicyclic amines) is 1. The van der Waals surface area contributed by atoms with Gasteiger partial charge in [0.15, 0.2) is 0 Å². The van der Waals surface area contributed by atoms with Crippen molar-refractivity contribution in [2.75, 3.05) is 33.4 Å². The Labute approximate surface area is 390 Å². The highest BCUT2D eigenvalue weighted by Crippen LogP contribution is 2.58. The SMILES string of the molecule is CCCOC(=O)[C@H](C)NP(=O)(Oc1ccccc1)[C@@H](F)c1ccc2sc(C(=O)N[C@H]3CC[C@H](N(C)C[C@@H]4CCO4)C[C@H]4CC[C@@H](C(=O)N5C[C@H](c6ccccc6)CC56CC6)N4C3=O)cc2c1. The molecule has 2 N–H and O–H groups in total. The van der Waals surface area contributed by atoms with Crippen LogP contribution in [0.4, 0.5) is 4.39 Å². The van der Waals surface area contributed by atoms with Crippen LogP contribution in [0.5, 0.6) is 5.75 Å². The maximum Gasteiger partial charge on any atom is 0.355 e. The summed E-state index contributed by atoms with van der Waals surface area (Å²) in [5.41, 5.74) is 1.11. The Morgan fingerprint density at radius 3 is 2.44 bits per heavy atom. The maximum absolute atomic E-state index is 16.7. The summed E-state index contributed by atoms with van der Waals surface area (Å²) in [5, 5.41) is 6.24. The molecule has 1 spiro atoms. The summed E-state index contributed by atoms with van der Waals surface area (Å²) in [5.74, 6) is -3.12. The number of carbonyl (C=O) groups excluding carboxylic acids is 4. The van der Waals surface area contributed by atoms with Crippen LogP contribution in [-0.2, 0) is 28.4 Å². The first-order valence-electron chi connectivity index (χ1n) is 23.6. The zero-order valence-electron chi connectivity index (χ0n) is 37.9. The van der Waals surface area contributed by atoms with Gasteiger partial charge >= 0.3 is 13.5 Å². The van der Waals surface area contributed by atoms with E-state index in [1.165, 1.54) is 36.0 Å². The largest absolute Gasteiger partial charge is 0.465 e. The molecule has 352 valence electrons. The van der Waals surface area contributed by atoms with Gasteiger partial charge < -0.3 is 34.0 Å². The molecule has 66 heavy (non-hydrogen) atoms. The van der Waals surface area contributed by atoms with E-state index in [4.69, 9.17) is 14.0 Å². The molecule has 16 heteroatoms. The van der Waals surface area contributed by atoms with Crippen LogP contribution in [0.2, 0.25) is 0 Å². The van der Waals surface area contributed by atoms with Gasteiger partial charge in [-0.2, -0.15) is 0 Å². The summed E-state index contributed by atoms with van der Waals surface area (Å²) in [4.78, 5) is 63.3. The Balaban J connectivity index is 0.949. The van der Waals surface area contributed by atoms with E-state index >= 15 is 4.39 Å². The molecule has 4 saturated heterocycles. The van der Waals surface area contributed by atoms with E-state index in [9.17, 15) is 23.7 Å². The van der Waals surface area contributed by atoms with Gasteiger partial charge in [-0.25, -0.2) is 9.48 Å². The number of hydrogen-bond donors (Lipinski definition) is 2. The van der Waals surface area contributed by atoms with Crippen molar-refractivity contribution in [2.24, 2.45) is 0 Å². The standard InChI is InChI=1S/C50H61FN5O8PS/c1-4-24-63-49(60)32(2)53-65(61,64-39-13-9-6-10-14-39)45(51)34-15-20-43-35(26-34)27-44(66-43)46(57)52-41-18-16-37(54(3)31-40-21-25-62-40)28-38-17-19-42(56(38)47(41)58)48(59)55-30-36(29-50(55)22-23-50)33-11-7-5-8-12-33/h5-15,20,26-27,32,36-38,40-42,45H,4,16-19,21-25,28-31H2,1-3H3,(H,52,57)(H,53,61)/t32-,36+,37-,38+,40-,41-,42-,45+,65?/m0/s1. The summed E-state index contributed by atoms with van der Waals surface area (Å²) < 4.78 is 48.7. The molecule has 1 aromatic heterocycles. The second-order valence-corrected chi connectivity index (χ2v) is 22.1. The van der Waals surface area contributed by atoms with Crippen LogP contribution in [0.3, 0.4) is 0 Å². The molecule has 5 aliphatic rings. The second-order valence-electron chi connectivity index (χ2n) is 19.0. The molecule has 5 fully saturated rings. The van der Waals surface area contributed by atoms with Gasteiger partial charge in [0.05, 0.1) is 17.6 Å². The van der Waals surface area contributed by atoms with Crippen LogP contribution < -0.4 is 14.9 Å². The van der Waals surface area contributed by atoms with Crippen molar-refractivity contribution < 1.29 is 42.1 Å². The number of hydrogen-bond acceptors (Lipinski definition) is 10. The van der Waals surface area contributed by atoms with Gasteiger partial charge in [0.2, 0.25) is 17.7 Å². The number of ether oxygens (including phenoxy) is 2. The van der Waals surface area contributed by atoms with Crippen molar-refractivity contribution in [1.82, 2.24) is 25.1 Å². The number of nitrogens with one attached hydrogen (secondary N) is 2. The van der Waals surface area contributed by atoms with Crippen LogP contribution >= 0.6 is 18.9 Å². The fourth-order valence-corrected chi connectivity index (χ4v) is 13.4. The van der Waals surface area contributed by atoms with E-state index < -0.39 is 43.4 Å². The Morgan fingerprint density at radius 2 is 1.74 bits per heavy atom. The monoisotopic (exact) mass is 941 g/mol. The van der Waals surface area contributed by atoms with Gasteiger partial charge in [0, 0.05) is 47.9 Å². The van der Waals surface area contributed by atoms with E-state index in [-0.39, 0.29) is 59.4 Å². The van der Waals surface area contributed by atoms with Gasteiger partial charge in [-0.15, -0.1) is 11.3 Å². The zero-order valence-corrected chi connectivity index (χ0v) is 39.7. The van der Waals surface area contributed by atoms with Crippen molar-refractivity contribution in [3.05, 3.63) is 101 Å². The number of amides is 3. The van der Waals surface area contributed by atoms with Gasteiger partial charge in [-0.05, 0) is 125 Å². The number of para-hydroxylation sites is 1. The summed E-state index contributed by atoms with van der Waals surface area (Å²) in [6, 6.07) is 22.3. The molecule has 13 nitrogen and oxygen atoms in total. The molecular formula is C50H61FN5O8PS. The molecule has 1 aliphatic carbocycles. The molecule has 1 unspecified atom stereocenters. The lowest BCUT2D eigenvalue weighted by Crippen LogP contribution is -2.59. The minimum atomic E-state index is -4.47. The molecule has 9 atom stereocenters. The van der Waals surface area contributed by atoms with E-state index in [2.05, 4.69) is 39.4 Å². The van der Waals surface area contributed by atoms with Crippen molar-refractivity contribution >= 4 is 52.6 Å². The molecule has 0 bridgehead atoms. The fraction of sp³-hybridized carbons (Fsp3) is 0.520. The first-order valence-corrected chi connectivity index (χ1v) is 26.1.